The quantitative estimate of drug-likeness (QED) is 0.270. The highest BCUT2D eigenvalue weighted by molar-refractivity contribution is 7.88. The van der Waals surface area contributed by atoms with Crippen molar-refractivity contribution in [2.75, 3.05) is 18.4 Å². The van der Waals surface area contributed by atoms with Gasteiger partial charge in [0.25, 0.3) is 5.91 Å². The molecular formula is C30H28N8O3S. The summed E-state index contributed by atoms with van der Waals surface area (Å²) in [5, 5.41) is 17.3. The number of nitrogens with zero attached hydrogens (tertiary/aromatic N) is 7. The van der Waals surface area contributed by atoms with Crippen LogP contribution in [0.4, 0.5) is 5.82 Å². The van der Waals surface area contributed by atoms with E-state index in [9.17, 15) is 9.35 Å². The van der Waals surface area contributed by atoms with E-state index < -0.39 is 11.4 Å². The lowest BCUT2D eigenvalue weighted by molar-refractivity contribution is 0.102. The predicted molar refractivity (Wildman–Crippen MR) is 159 cm³/mol. The van der Waals surface area contributed by atoms with Crippen LogP contribution in [0.2, 0.25) is 0 Å². The van der Waals surface area contributed by atoms with Crippen molar-refractivity contribution in [3.8, 4) is 5.69 Å². The largest absolute Gasteiger partial charge is 0.598 e. The van der Waals surface area contributed by atoms with Gasteiger partial charge in [-0.25, -0.2) is 14.2 Å². The number of rotatable bonds is 7. The number of carbonyl (C=O) groups excluding carboxylic acids is 1. The van der Waals surface area contributed by atoms with E-state index in [4.69, 9.17) is 9.62 Å². The van der Waals surface area contributed by atoms with Gasteiger partial charge in [-0.05, 0) is 50.1 Å². The molecule has 1 atom stereocenters. The van der Waals surface area contributed by atoms with Gasteiger partial charge in [-0.1, -0.05) is 35.0 Å². The van der Waals surface area contributed by atoms with Crippen LogP contribution in [-0.2, 0) is 17.1 Å². The normalized spacial score (nSPS) is 15.4. The molecule has 0 radical (unpaired) electrons. The van der Waals surface area contributed by atoms with Crippen molar-refractivity contribution >= 4 is 39.7 Å². The fraction of sp³-hybridized carbons (Fsp3) is 0.233. The van der Waals surface area contributed by atoms with Gasteiger partial charge in [0, 0.05) is 54.2 Å². The molecule has 0 spiro atoms. The number of para-hydroxylation sites is 1. The fourth-order valence-corrected chi connectivity index (χ4v) is 6.59. The lowest BCUT2D eigenvalue weighted by atomic mass is 9.95. The summed E-state index contributed by atoms with van der Waals surface area (Å²) >= 11 is -1.22. The second-order valence-electron chi connectivity index (χ2n) is 10.4. The summed E-state index contributed by atoms with van der Waals surface area (Å²) in [5.74, 6) is 0.734. The van der Waals surface area contributed by atoms with Gasteiger partial charge in [0.15, 0.2) is 17.0 Å². The number of hydrogen-bond acceptors (Lipinski definition) is 8. The van der Waals surface area contributed by atoms with Crippen molar-refractivity contribution in [1.82, 2.24) is 33.8 Å². The molecule has 5 heterocycles. The number of benzene rings is 2. The lowest BCUT2D eigenvalue weighted by Gasteiger charge is -2.31. The monoisotopic (exact) mass is 580 g/mol. The maximum absolute atomic E-state index is 13.3. The van der Waals surface area contributed by atoms with Gasteiger partial charge in [-0.3, -0.25) is 4.79 Å². The summed E-state index contributed by atoms with van der Waals surface area (Å²) in [6.45, 7) is 3.36. The first kappa shape index (κ1) is 26.4. The van der Waals surface area contributed by atoms with Crippen molar-refractivity contribution in [3.63, 3.8) is 0 Å². The van der Waals surface area contributed by atoms with E-state index in [1.54, 1.807) is 27.7 Å². The van der Waals surface area contributed by atoms with Crippen LogP contribution < -0.4 is 5.32 Å². The van der Waals surface area contributed by atoms with Crippen LogP contribution in [0, 0.1) is 6.92 Å². The van der Waals surface area contributed by atoms with E-state index in [-0.39, 0.29) is 11.8 Å². The van der Waals surface area contributed by atoms with Crippen molar-refractivity contribution < 1.29 is 13.9 Å². The Bertz CT molecular complexity index is 1870. The minimum atomic E-state index is -1.22. The lowest BCUT2D eigenvalue weighted by Crippen LogP contribution is -2.38. The van der Waals surface area contributed by atoms with Crippen LogP contribution in [0.1, 0.15) is 46.1 Å². The first-order valence-corrected chi connectivity index (χ1v) is 15.0. The molecule has 6 aromatic rings. The Kier molecular flexibility index (Phi) is 6.94. The van der Waals surface area contributed by atoms with E-state index >= 15 is 0 Å². The van der Waals surface area contributed by atoms with Crippen LogP contribution in [0.3, 0.4) is 0 Å². The molecule has 1 N–H and O–H groups in total. The molecule has 0 saturated carbocycles. The first-order chi connectivity index (χ1) is 20.5. The molecule has 4 aromatic heterocycles. The molecule has 212 valence electrons. The average molecular weight is 581 g/mol. The van der Waals surface area contributed by atoms with E-state index in [1.807, 2.05) is 65.8 Å². The smallest absolute Gasteiger partial charge is 0.262 e. The Hall–Kier alpha value is -4.52. The second kappa shape index (κ2) is 11.0. The SMILES string of the molecule is Cc1ccc(-n2nc(C3CCN([S+]([O-])Cc4noc5ccccc45)CC3)cc2NC(=O)c2cnn3cccnc23)cc1. The Morgan fingerprint density at radius 3 is 2.76 bits per heavy atom. The molecule has 11 nitrogen and oxygen atoms in total. The van der Waals surface area contributed by atoms with Crippen molar-refractivity contribution in [2.24, 2.45) is 0 Å². The second-order valence-corrected chi connectivity index (χ2v) is 11.8. The summed E-state index contributed by atoms with van der Waals surface area (Å²) in [6, 6.07) is 19.3. The van der Waals surface area contributed by atoms with Crippen LogP contribution >= 0.6 is 0 Å². The Balaban J connectivity index is 1.09. The summed E-state index contributed by atoms with van der Waals surface area (Å²) in [7, 11) is 0. The highest BCUT2D eigenvalue weighted by Crippen LogP contribution is 2.32. The fourth-order valence-electron chi connectivity index (χ4n) is 5.35. The summed E-state index contributed by atoms with van der Waals surface area (Å²) in [5.41, 5.74) is 5.14. The van der Waals surface area contributed by atoms with E-state index in [0.717, 1.165) is 35.2 Å². The van der Waals surface area contributed by atoms with Gasteiger partial charge in [-0.15, -0.1) is 4.31 Å². The molecule has 1 saturated heterocycles. The first-order valence-electron chi connectivity index (χ1n) is 13.8. The van der Waals surface area contributed by atoms with Gasteiger partial charge < -0.3 is 14.4 Å². The highest BCUT2D eigenvalue weighted by Gasteiger charge is 2.31. The molecule has 0 bridgehead atoms. The molecule has 1 amide bonds. The summed E-state index contributed by atoms with van der Waals surface area (Å²) < 4.78 is 24.0. The maximum Gasteiger partial charge on any atom is 0.262 e. The molecule has 1 aliphatic rings. The molecule has 1 fully saturated rings. The number of aromatic nitrogens is 6. The molecule has 12 heteroatoms. The molecule has 1 aliphatic heterocycles. The van der Waals surface area contributed by atoms with E-state index in [2.05, 4.69) is 20.6 Å². The molecule has 0 aliphatic carbocycles. The zero-order valence-corrected chi connectivity index (χ0v) is 23.7. The Morgan fingerprint density at radius 1 is 1.12 bits per heavy atom. The highest BCUT2D eigenvalue weighted by atomic mass is 32.2. The zero-order chi connectivity index (χ0) is 28.6. The topological polar surface area (TPSA) is 129 Å². The van der Waals surface area contributed by atoms with Gasteiger partial charge in [0.1, 0.15) is 17.1 Å². The Labute approximate surface area is 244 Å². The zero-order valence-electron chi connectivity index (χ0n) is 22.9. The van der Waals surface area contributed by atoms with E-state index in [0.29, 0.717) is 47.1 Å². The maximum atomic E-state index is 13.3. The number of aryl methyl sites for hydroxylation is 1. The molecule has 42 heavy (non-hydrogen) atoms. The number of piperidine rings is 1. The number of amides is 1. The number of hydrogen-bond donors (Lipinski definition) is 1. The van der Waals surface area contributed by atoms with E-state index in [1.165, 1.54) is 6.20 Å². The van der Waals surface area contributed by atoms with Crippen molar-refractivity contribution in [3.05, 3.63) is 102 Å². The third-order valence-corrected chi connectivity index (χ3v) is 9.11. The summed E-state index contributed by atoms with van der Waals surface area (Å²) in [6.07, 6.45) is 6.49. The molecule has 7 rings (SSSR count). The molecule has 1 unspecified atom stereocenters. The van der Waals surface area contributed by atoms with Crippen LogP contribution in [0.15, 0.2) is 83.8 Å². The van der Waals surface area contributed by atoms with Gasteiger partial charge in [0.2, 0.25) is 0 Å². The number of carbonyl (C=O) groups is 1. The van der Waals surface area contributed by atoms with Gasteiger partial charge in [0.05, 0.1) is 17.6 Å². The minimum absolute atomic E-state index is 0.159. The van der Waals surface area contributed by atoms with Gasteiger partial charge in [-0.2, -0.15) is 10.2 Å². The minimum Gasteiger partial charge on any atom is -0.598 e. The van der Waals surface area contributed by atoms with Crippen molar-refractivity contribution in [2.45, 2.75) is 31.4 Å². The average Bonchev–Trinajstić information content (AvgIpc) is 3.75. The van der Waals surface area contributed by atoms with Crippen LogP contribution in [-0.4, -0.2) is 57.4 Å². The standard InChI is InChI=1S/C30H28N8O3S/c1-20-7-9-22(10-8-20)38-28(33-30(39)24-18-32-37-14-4-13-31-29(24)37)17-25(34-38)21-11-15-36(16-12-21)42(40)19-26-23-5-2-3-6-27(23)41-35-26/h2-10,13-14,17-18,21H,11-12,15-16,19H2,1H3,(H,33,39). The van der Waals surface area contributed by atoms with Gasteiger partial charge >= 0.3 is 0 Å². The number of anilines is 1. The summed E-state index contributed by atoms with van der Waals surface area (Å²) in [4.78, 5) is 17.7. The Morgan fingerprint density at radius 2 is 1.93 bits per heavy atom. The number of nitrogens with one attached hydrogen (secondary N) is 1. The van der Waals surface area contributed by atoms with Crippen LogP contribution in [0.5, 0.6) is 0 Å². The predicted octanol–water partition coefficient (Wildman–Crippen LogP) is 4.66. The molecular weight excluding hydrogens is 552 g/mol. The molecule has 2 aromatic carbocycles. The van der Waals surface area contributed by atoms with Crippen molar-refractivity contribution in [1.29, 1.82) is 0 Å². The third kappa shape index (κ3) is 5.04. The number of fused-ring (bicyclic) bond motifs is 2. The third-order valence-electron chi connectivity index (χ3n) is 7.64. The van der Waals surface area contributed by atoms with Crippen LogP contribution in [0.25, 0.3) is 22.3 Å².